The second-order valence-corrected chi connectivity index (χ2v) is 8.60. The van der Waals surface area contributed by atoms with Crippen molar-refractivity contribution in [2.24, 2.45) is 5.92 Å². The summed E-state index contributed by atoms with van der Waals surface area (Å²) in [7, 11) is 0. The fourth-order valence-corrected chi connectivity index (χ4v) is 4.18. The molecule has 1 N–H and O–H groups in total. The van der Waals surface area contributed by atoms with Gasteiger partial charge in [0, 0.05) is 24.5 Å². The van der Waals surface area contributed by atoms with Crippen molar-refractivity contribution in [3.8, 4) is 22.2 Å². The fraction of sp³-hybridized carbons (Fsp3) is 0.333. The summed E-state index contributed by atoms with van der Waals surface area (Å²) in [6, 6.07) is 3.58. The number of rotatable bonds is 7. The van der Waals surface area contributed by atoms with E-state index < -0.39 is 0 Å². The highest BCUT2D eigenvalue weighted by atomic mass is 32.1. The zero-order valence-corrected chi connectivity index (χ0v) is 18.3. The lowest BCUT2D eigenvalue weighted by molar-refractivity contribution is -0.121. The molecular weight excluding hydrogens is 416 g/mol. The Morgan fingerprint density at radius 1 is 1.29 bits per heavy atom. The molecule has 4 rings (SSSR count). The summed E-state index contributed by atoms with van der Waals surface area (Å²) in [5.41, 5.74) is 1.22. The zero-order chi connectivity index (χ0) is 22.0. The van der Waals surface area contributed by atoms with Crippen LogP contribution in [0.15, 0.2) is 40.2 Å². The number of pyridine rings is 1. The maximum atomic E-state index is 13.0. The van der Waals surface area contributed by atoms with Crippen LogP contribution in [-0.2, 0) is 11.3 Å². The second kappa shape index (κ2) is 8.76. The lowest BCUT2D eigenvalue weighted by Gasteiger charge is -2.08. The summed E-state index contributed by atoms with van der Waals surface area (Å²) >= 11 is 1.31. The van der Waals surface area contributed by atoms with Crippen LogP contribution in [0, 0.1) is 12.8 Å². The van der Waals surface area contributed by atoms with Gasteiger partial charge in [0.15, 0.2) is 0 Å². The smallest absolute Gasteiger partial charge is 0.268 e. The summed E-state index contributed by atoms with van der Waals surface area (Å²) in [6.07, 6.45) is 5.60. The van der Waals surface area contributed by atoms with Crippen LogP contribution < -0.4 is 10.9 Å². The highest BCUT2D eigenvalue weighted by Crippen LogP contribution is 2.35. The molecule has 0 spiro atoms. The van der Waals surface area contributed by atoms with Gasteiger partial charge in [0.2, 0.25) is 11.7 Å². The van der Waals surface area contributed by atoms with Gasteiger partial charge in [0.25, 0.3) is 11.4 Å². The molecule has 9 nitrogen and oxygen atoms in total. The molecule has 31 heavy (non-hydrogen) atoms. The van der Waals surface area contributed by atoms with Crippen LogP contribution in [0.25, 0.3) is 32.4 Å². The summed E-state index contributed by atoms with van der Waals surface area (Å²) in [5, 5.41) is 7.33. The molecule has 4 aromatic rings. The van der Waals surface area contributed by atoms with E-state index in [9.17, 15) is 9.59 Å². The summed E-state index contributed by atoms with van der Waals surface area (Å²) in [4.78, 5) is 39.3. The van der Waals surface area contributed by atoms with Gasteiger partial charge in [0.05, 0.1) is 16.6 Å². The molecule has 0 saturated carbocycles. The lowest BCUT2D eigenvalue weighted by atomic mass is 10.1. The van der Waals surface area contributed by atoms with E-state index in [1.54, 1.807) is 24.5 Å². The van der Waals surface area contributed by atoms with E-state index in [0.717, 1.165) is 12.0 Å². The van der Waals surface area contributed by atoms with Crippen molar-refractivity contribution < 1.29 is 9.32 Å². The third kappa shape index (κ3) is 4.38. The molecular formula is C21H22N6O3S. The molecule has 0 aliphatic rings. The second-order valence-electron chi connectivity index (χ2n) is 7.61. The van der Waals surface area contributed by atoms with Crippen molar-refractivity contribution in [2.75, 3.05) is 6.54 Å². The number of hydrogen-bond acceptors (Lipinski definition) is 8. The van der Waals surface area contributed by atoms with Gasteiger partial charge in [-0.25, -0.2) is 4.98 Å². The maximum absolute atomic E-state index is 13.0. The van der Waals surface area contributed by atoms with Gasteiger partial charge >= 0.3 is 0 Å². The molecule has 0 aromatic carbocycles. The van der Waals surface area contributed by atoms with E-state index in [0.29, 0.717) is 44.8 Å². The van der Waals surface area contributed by atoms with E-state index in [4.69, 9.17) is 4.52 Å². The number of amides is 1. The van der Waals surface area contributed by atoms with Crippen LogP contribution in [0.2, 0.25) is 0 Å². The topological polar surface area (TPSA) is 116 Å². The Labute approximate surface area is 182 Å². The molecule has 0 aliphatic heterocycles. The fourth-order valence-electron chi connectivity index (χ4n) is 3.12. The first kappa shape index (κ1) is 20.9. The van der Waals surface area contributed by atoms with Crippen LogP contribution in [0.3, 0.4) is 0 Å². The number of hydrogen-bond donors (Lipinski definition) is 1. The Balaban J connectivity index is 1.61. The summed E-state index contributed by atoms with van der Waals surface area (Å²) in [6.45, 7) is 6.51. The number of carbonyl (C=O) groups is 1. The Morgan fingerprint density at radius 2 is 2.06 bits per heavy atom. The largest absolute Gasteiger partial charge is 0.355 e. The highest BCUT2D eigenvalue weighted by Gasteiger charge is 2.21. The minimum Gasteiger partial charge on any atom is -0.355 e. The maximum Gasteiger partial charge on any atom is 0.268 e. The number of fused-ring (bicyclic) bond motifs is 1. The average molecular weight is 439 g/mol. The third-order valence-electron chi connectivity index (χ3n) is 4.83. The van der Waals surface area contributed by atoms with Gasteiger partial charge in [-0.15, -0.1) is 11.3 Å². The normalized spacial score (nSPS) is 11.4. The molecule has 0 fully saturated rings. The van der Waals surface area contributed by atoms with Crippen LogP contribution >= 0.6 is 11.3 Å². The van der Waals surface area contributed by atoms with Crippen molar-refractivity contribution in [2.45, 2.75) is 33.7 Å². The van der Waals surface area contributed by atoms with Crippen molar-refractivity contribution in [3.63, 3.8) is 0 Å². The lowest BCUT2D eigenvalue weighted by Crippen LogP contribution is -2.33. The quantitative estimate of drug-likeness (QED) is 0.471. The van der Waals surface area contributed by atoms with E-state index in [1.165, 1.54) is 22.2 Å². The zero-order valence-electron chi connectivity index (χ0n) is 17.5. The first-order valence-electron chi connectivity index (χ1n) is 9.93. The highest BCUT2D eigenvalue weighted by molar-refractivity contribution is 7.22. The molecule has 0 aliphatic carbocycles. The van der Waals surface area contributed by atoms with Gasteiger partial charge in [0.1, 0.15) is 11.4 Å². The van der Waals surface area contributed by atoms with Crippen molar-refractivity contribution in [1.82, 2.24) is 30.0 Å². The standard InChI is InChI=1S/C21H22N6O3S/c1-12(2)4-9-23-15(28)10-27-11-24-20-16(21(27)29)13(3)17(31-20)19-25-18(26-30-19)14-5-7-22-8-6-14/h5-8,11-12H,4,9-10H2,1-3H3,(H,23,28). The number of thiophene rings is 1. The van der Waals surface area contributed by atoms with Crippen LogP contribution in [0.5, 0.6) is 0 Å². The van der Waals surface area contributed by atoms with E-state index in [-0.39, 0.29) is 18.0 Å². The van der Waals surface area contributed by atoms with Crippen LogP contribution in [-0.4, -0.2) is 37.1 Å². The van der Waals surface area contributed by atoms with Crippen molar-refractivity contribution in [1.29, 1.82) is 0 Å². The molecule has 1 amide bonds. The molecule has 0 atom stereocenters. The number of aromatic nitrogens is 5. The van der Waals surface area contributed by atoms with Gasteiger partial charge in [-0.1, -0.05) is 19.0 Å². The number of nitrogens with zero attached hydrogens (tertiary/aromatic N) is 5. The first-order chi connectivity index (χ1) is 14.9. The van der Waals surface area contributed by atoms with Gasteiger partial charge in [-0.05, 0) is 37.0 Å². The Bertz CT molecular complexity index is 1280. The first-order valence-corrected chi connectivity index (χ1v) is 10.8. The molecule has 0 saturated heterocycles. The predicted octanol–water partition coefficient (Wildman–Crippen LogP) is 3.04. The van der Waals surface area contributed by atoms with Crippen molar-refractivity contribution in [3.05, 3.63) is 46.8 Å². The monoisotopic (exact) mass is 438 g/mol. The third-order valence-corrected chi connectivity index (χ3v) is 6.02. The van der Waals surface area contributed by atoms with E-state index >= 15 is 0 Å². The Hall–Kier alpha value is -3.40. The minimum atomic E-state index is -0.266. The van der Waals surface area contributed by atoms with Crippen LogP contribution in [0.1, 0.15) is 25.8 Å². The van der Waals surface area contributed by atoms with E-state index in [1.807, 2.05) is 6.92 Å². The predicted molar refractivity (Wildman–Crippen MR) is 118 cm³/mol. The number of carbonyl (C=O) groups excluding carboxylic acids is 1. The van der Waals surface area contributed by atoms with E-state index in [2.05, 4.69) is 39.3 Å². The number of aryl methyl sites for hydroxylation is 1. The summed E-state index contributed by atoms with van der Waals surface area (Å²) in [5.74, 6) is 1.05. The van der Waals surface area contributed by atoms with Gasteiger partial charge in [-0.3, -0.25) is 19.1 Å². The molecule has 4 aromatic heterocycles. The number of nitrogens with one attached hydrogen (secondary N) is 1. The molecule has 160 valence electrons. The minimum absolute atomic E-state index is 0.0722. The molecule has 4 heterocycles. The molecule has 0 radical (unpaired) electrons. The van der Waals surface area contributed by atoms with Gasteiger partial charge in [-0.2, -0.15) is 4.98 Å². The van der Waals surface area contributed by atoms with Crippen molar-refractivity contribution >= 4 is 27.5 Å². The average Bonchev–Trinajstić information content (AvgIpc) is 3.36. The summed E-state index contributed by atoms with van der Waals surface area (Å²) < 4.78 is 6.77. The van der Waals surface area contributed by atoms with Crippen LogP contribution in [0.4, 0.5) is 0 Å². The Kier molecular flexibility index (Phi) is 5.90. The Morgan fingerprint density at radius 3 is 2.81 bits per heavy atom. The SMILES string of the molecule is Cc1c(-c2nc(-c3ccncc3)no2)sc2ncn(CC(=O)NCCC(C)C)c(=O)c12. The molecule has 10 heteroatoms. The van der Waals surface area contributed by atoms with Gasteiger partial charge < -0.3 is 9.84 Å². The molecule has 0 bridgehead atoms. The molecule has 0 unspecified atom stereocenters.